The van der Waals surface area contributed by atoms with Crippen LogP contribution in [0.25, 0.3) is 0 Å². The van der Waals surface area contributed by atoms with E-state index in [-0.39, 0.29) is 5.97 Å². The van der Waals surface area contributed by atoms with Crippen LogP contribution in [0.4, 0.5) is 0 Å². The highest BCUT2D eigenvalue weighted by Crippen LogP contribution is 2.07. The van der Waals surface area contributed by atoms with E-state index < -0.39 is 0 Å². The van der Waals surface area contributed by atoms with Crippen molar-refractivity contribution in [3.8, 4) is 0 Å². The topological polar surface area (TPSA) is 26.3 Å². The molecule has 0 spiro atoms. The number of carbonyl (C=O) groups excluding carboxylic acids is 1. The van der Waals surface area contributed by atoms with Crippen LogP contribution < -0.4 is 0 Å². The molecule has 0 aliphatic heterocycles. The average Bonchev–Trinajstić information content (AvgIpc) is 2.31. The van der Waals surface area contributed by atoms with Crippen molar-refractivity contribution < 1.29 is 9.53 Å². The van der Waals surface area contributed by atoms with E-state index in [0.29, 0.717) is 13.0 Å². The van der Waals surface area contributed by atoms with E-state index >= 15 is 0 Å². The van der Waals surface area contributed by atoms with Gasteiger partial charge < -0.3 is 4.74 Å². The standard InChI is InChI=1S/C14H18O2/c1-3-13(14(15)16-4-2)11-10-12-8-6-5-7-9-12/h5-9,11H,3-4,10H2,1-2H3/b13-11+. The molecule has 86 valence electrons. The molecule has 2 nitrogen and oxygen atoms in total. The van der Waals surface area contributed by atoms with Crippen LogP contribution in [0.1, 0.15) is 25.8 Å². The highest BCUT2D eigenvalue weighted by Gasteiger charge is 2.06. The zero-order chi connectivity index (χ0) is 11.8. The van der Waals surface area contributed by atoms with Crippen LogP contribution in [0, 0.1) is 0 Å². The number of esters is 1. The van der Waals surface area contributed by atoms with Gasteiger partial charge in [0.1, 0.15) is 0 Å². The van der Waals surface area contributed by atoms with Gasteiger partial charge in [0.25, 0.3) is 0 Å². The number of carbonyl (C=O) groups is 1. The highest BCUT2D eigenvalue weighted by molar-refractivity contribution is 5.88. The van der Waals surface area contributed by atoms with Gasteiger partial charge in [-0.15, -0.1) is 0 Å². The van der Waals surface area contributed by atoms with Crippen molar-refractivity contribution in [2.24, 2.45) is 0 Å². The van der Waals surface area contributed by atoms with E-state index in [0.717, 1.165) is 12.0 Å². The van der Waals surface area contributed by atoms with Gasteiger partial charge in [-0.1, -0.05) is 43.3 Å². The molecule has 0 unspecified atom stereocenters. The SMILES string of the molecule is CCOC(=O)/C(=C/Cc1ccccc1)CC. The van der Waals surface area contributed by atoms with E-state index in [2.05, 4.69) is 12.1 Å². The van der Waals surface area contributed by atoms with Crippen LogP contribution in [0.2, 0.25) is 0 Å². The predicted molar refractivity (Wildman–Crippen MR) is 65.2 cm³/mol. The third-order valence-corrected chi connectivity index (χ3v) is 2.35. The number of hydrogen-bond donors (Lipinski definition) is 0. The van der Waals surface area contributed by atoms with Crippen LogP contribution in [0.15, 0.2) is 42.0 Å². The first-order valence-corrected chi connectivity index (χ1v) is 5.68. The molecular weight excluding hydrogens is 200 g/mol. The van der Waals surface area contributed by atoms with Crippen molar-refractivity contribution in [1.29, 1.82) is 0 Å². The number of benzene rings is 1. The summed E-state index contributed by atoms with van der Waals surface area (Å²) in [7, 11) is 0. The number of ether oxygens (including phenoxy) is 1. The maximum absolute atomic E-state index is 11.5. The van der Waals surface area contributed by atoms with Gasteiger partial charge in [-0.2, -0.15) is 0 Å². The minimum atomic E-state index is -0.194. The maximum atomic E-state index is 11.5. The van der Waals surface area contributed by atoms with Crippen molar-refractivity contribution in [3.05, 3.63) is 47.5 Å². The fraction of sp³-hybridized carbons (Fsp3) is 0.357. The Bertz CT molecular complexity index is 352. The molecule has 0 atom stereocenters. The summed E-state index contributed by atoms with van der Waals surface area (Å²) in [6.45, 7) is 4.22. The molecule has 0 aromatic heterocycles. The van der Waals surface area contributed by atoms with Crippen LogP contribution in [-0.2, 0) is 16.0 Å². The average molecular weight is 218 g/mol. The Morgan fingerprint density at radius 1 is 1.25 bits per heavy atom. The van der Waals surface area contributed by atoms with Gasteiger partial charge in [-0.05, 0) is 25.3 Å². The Hall–Kier alpha value is -1.57. The first kappa shape index (κ1) is 12.5. The summed E-state index contributed by atoms with van der Waals surface area (Å²) in [5, 5.41) is 0. The minimum absolute atomic E-state index is 0.194. The van der Waals surface area contributed by atoms with Gasteiger partial charge in [-0.25, -0.2) is 4.79 Å². The summed E-state index contributed by atoms with van der Waals surface area (Å²) >= 11 is 0. The van der Waals surface area contributed by atoms with E-state index in [4.69, 9.17) is 4.74 Å². The molecule has 2 heteroatoms. The molecule has 0 amide bonds. The van der Waals surface area contributed by atoms with E-state index in [1.54, 1.807) is 0 Å². The molecule has 0 aliphatic carbocycles. The zero-order valence-corrected chi connectivity index (χ0v) is 9.90. The zero-order valence-electron chi connectivity index (χ0n) is 9.90. The van der Waals surface area contributed by atoms with Crippen LogP contribution >= 0.6 is 0 Å². The van der Waals surface area contributed by atoms with Gasteiger partial charge in [0.05, 0.1) is 6.61 Å². The highest BCUT2D eigenvalue weighted by atomic mass is 16.5. The molecule has 0 N–H and O–H groups in total. The van der Waals surface area contributed by atoms with Crippen molar-refractivity contribution in [2.75, 3.05) is 6.61 Å². The number of hydrogen-bond acceptors (Lipinski definition) is 2. The second kappa shape index (κ2) is 6.83. The Kier molecular flexibility index (Phi) is 5.34. The lowest BCUT2D eigenvalue weighted by atomic mass is 10.1. The normalized spacial score (nSPS) is 11.2. The summed E-state index contributed by atoms with van der Waals surface area (Å²) in [6.07, 6.45) is 3.45. The largest absolute Gasteiger partial charge is 0.463 e. The Labute approximate surface area is 96.9 Å². The van der Waals surface area contributed by atoms with Gasteiger partial charge in [0.2, 0.25) is 0 Å². The molecule has 1 aromatic carbocycles. The molecule has 1 aromatic rings. The lowest BCUT2D eigenvalue weighted by molar-refractivity contribution is -0.138. The molecule has 0 heterocycles. The van der Waals surface area contributed by atoms with E-state index in [1.807, 2.05) is 38.1 Å². The fourth-order valence-electron chi connectivity index (χ4n) is 1.45. The predicted octanol–water partition coefficient (Wildman–Crippen LogP) is 3.13. The van der Waals surface area contributed by atoms with E-state index in [9.17, 15) is 4.79 Å². The van der Waals surface area contributed by atoms with Crippen molar-refractivity contribution >= 4 is 5.97 Å². The van der Waals surface area contributed by atoms with Crippen LogP contribution in [0.5, 0.6) is 0 Å². The molecule has 0 saturated heterocycles. The minimum Gasteiger partial charge on any atom is -0.463 e. The lowest BCUT2D eigenvalue weighted by Gasteiger charge is -2.04. The molecule has 0 saturated carbocycles. The summed E-state index contributed by atoms with van der Waals surface area (Å²) in [6, 6.07) is 10.1. The maximum Gasteiger partial charge on any atom is 0.333 e. The Morgan fingerprint density at radius 2 is 1.94 bits per heavy atom. The fourth-order valence-corrected chi connectivity index (χ4v) is 1.45. The smallest absolute Gasteiger partial charge is 0.333 e. The number of allylic oxidation sites excluding steroid dienone is 1. The third-order valence-electron chi connectivity index (χ3n) is 2.35. The quantitative estimate of drug-likeness (QED) is 0.560. The Morgan fingerprint density at radius 3 is 2.50 bits per heavy atom. The number of rotatable bonds is 5. The first-order chi connectivity index (χ1) is 7.77. The summed E-state index contributed by atoms with van der Waals surface area (Å²) < 4.78 is 4.98. The monoisotopic (exact) mass is 218 g/mol. The summed E-state index contributed by atoms with van der Waals surface area (Å²) in [5.41, 5.74) is 1.96. The molecule has 16 heavy (non-hydrogen) atoms. The first-order valence-electron chi connectivity index (χ1n) is 5.68. The second-order valence-corrected chi connectivity index (χ2v) is 3.49. The molecule has 0 bridgehead atoms. The summed E-state index contributed by atoms with van der Waals surface area (Å²) in [4.78, 5) is 11.5. The van der Waals surface area contributed by atoms with Gasteiger partial charge in [-0.3, -0.25) is 0 Å². The third kappa shape index (κ3) is 3.89. The van der Waals surface area contributed by atoms with Crippen LogP contribution in [0.3, 0.4) is 0 Å². The van der Waals surface area contributed by atoms with Gasteiger partial charge in [0, 0.05) is 5.57 Å². The second-order valence-electron chi connectivity index (χ2n) is 3.49. The molecule has 0 radical (unpaired) electrons. The van der Waals surface area contributed by atoms with Crippen LogP contribution in [-0.4, -0.2) is 12.6 Å². The summed E-state index contributed by atoms with van der Waals surface area (Å²) in [5.74, 6) is -0.194. The lowest BCUT2D eigenvalue weighted by Crippen LogP contribution is -2.07. The molecule has 1 rings (SSSR count). The van der Waals surface area contributed by atoms with Crippen molar-refractivity contribution in [3.63, 3.8) is 0 Å². The van der Waals surface area contributed by atoms with Crippen molar-refractivity contribution in [2.45, 2.75) is 26.7 Å². The van der Waals surface area contributed by atoms with Crippen molar-refractivity contribution in [1.82, 2.24) is 0 Å². The van der Waals surface area contributed by atoms with Gasteiger partial charge in [0.15, 0.2) is 0 Å². The van der Waals surface area contributed by atoms with E-state index in [1.165, 1.54) is 5.56 Å². The molecule has 0 fully saturated rings. The molecule has 0 aliphatic rings. The molecular formula is C14H18O2. The Balaban J connectivity index is 2.63. The van der Waals surface area contributed by atoms with Gasteiger partial charge >= 0.3 is 5.97 Å².